The zero-order valence-electron chi connectivity index (χ0n) is 59.0. The van der Waals surface area contributed by atoms with Gasteiger partial charge in [0.1, 0.15) is 0 Å². The molecule has 0 radical (unpaired) electrons. The van der Waals surface area contributed by atoms with Crippen molar-refractivity contribution in [3.63, 3.8) is 0 Å². The van der Waals surface area contributed by atoms with Crippen LogP contribution in [0.1, 0.15) is 347 Å². The summed E-state index contributed by atoms with van der Waals surface area (Å²) in [5, 5.41) is 8.96. The molecule has 0 amide bonds. The average molecular weight is 1140 g/mol. The summed E-state index contributed by atoms with van der Waals surface area (Å²) in [6, 6.07) is 0. The molecule has 0 saturated carbocycles. The molecule has 0 heterocycles. The van der Waals surface area contributed by atoms with Gasteiger partial charge in [-0.2, -0.15) is 0 Å². The Kier molecular flexibility index (Phi) is 214. The van der Waals surface area contributed by atoms with E-state index in [1.807, 2.05) is 72.9 Å². The third-order valence-electron chi connectivity index (χ3n) is 10.6. The van der Waals surface area contributed by atoms with Crippen molar-refractivity contribution in [3.8, 4) is 0 Å². The first-order chi connectivity index (χ1) is 39.3. The van der Waals surface area contributed by atoms with Crippen LogP contribution in [0.15, 0.2) is 152 Å². The minimum absolute atomic E-state index is 0.267. The largest absolute Gasteiger partial charge is 0.392 e. The Morgan fingerprint density at radius 3 is 0.395 bits per heavy atom. The Hall–Kier alpha value is -3.20. The number of aliphatic hydroxyl groups excluding tert-OH is 1. The van der Waals surface area contributed by atoms with Gasteiger partial charge < -0.3 is 10.8 Å². The van der Waals surface area contributed by atoms with Crippen molar-refractivity contribution < 1.29 is 5.11 Å². The van der Waals surface area contributed by atoms with Gasteiger partial charge in [0, 0.05) is 6.54 Å². The molecule has 0 aliphatic rings. The molecule has 0 fully saturated rings. The van der Waals surface area contributed by atoms with Crippen molar-refractivity contribution in [2.45, 2.75) is 353 Å². The molecule has 0 saturated heterocycles. The minimum Gasteiger partial charge on any atom is -0.392 e. The molecule has 2 nitrogen and oxygen atoms in total. The summed E-state index contributed by atoms with van der Waals surface area (Å²) in [7, 11) is 0. The lowest BCUT2D eigenvalue weighted by Crippen LogP contribution is -2.19. The second-order valence-electron chi connectivity index (χ2n) is 19.6. The molecule has 0 rings (SSSR count). The lowest BCUT2D eigenvalue weighted by molar-refractivity contribution is 0.169. The molecular weight excluding hydrogens is 979 g/mol. The minimum atomic E-state index is -0.267. The number of unbranched alkanes of at least 4 members (excludes halogenated alkanes) is 26. The standard InChI is InChI=1S/C7H17NO.12C6H12/c1-2-3-4-5-7(9)6-8;12*1-3-5-6-4-2/h7,9H,2-6,8H2,1H3;12*3H,1,4-6H2,2H3. The van der Waals surface area contributed by atoms with Gasteiger partial charge in [-0.15, -0.1) is 78.9 Å². The smallest absolute Gasteiger partial charge is 0.0662 e. The highest BCUT2D eigenvalue weighted by Crippen LogP contribution is 2.02. The molecule has 0 spiro atoms. The summed E-state index contributed by atoms with van der Waals surface area (Å²) in [6.07, 6.45) is 72.7. The normalized spacial score (nSPS) is 8.78. The van der Waals surface area contributed by atoms with Crippen molar-refractivity contribution in [2.24, 2.45) is 5.73 Å². The predicted molar refractivity (Wildman–Crippen MR) is 396 cm³/mol. The zero-order chi connectivity index (χ0) is 65.1. The third-order valence-corrected chi connectivity index (χ3v) is 10.6. The average Bonchev–Trinajstić information content (AvgIpc) is 3.50. The molecule has 2 heteroatoms. The Bertz CT molecular complexity index is 745. The molecule has 81 heavy (non-hydrogen) atoms. The molecule has 0 aromatic heterocycles. The van der Waals surface area contributed by atoms with Crippen molar-refractivity contribution in [1.82, 2.24) is 0 Å². The molecule has 3 N–H and O–H groups in total. The van der Waals surface area contributed by atoms with E-state index in [1.54, 1.807) is 0 Å². The van der Waals surface area contributed by atoms with E-state index in [9.17, 15) is 0 Å². The van der Waals surface area contributed by atoms with Gasteiger partial charge in [0.15, 0.2) is 0 Å². The number of hydrogen-bond acceptors (Lipinski definition) is 2. The lowest BCUT2D eigenvalue weighted by atomic mass is 10.1. The van der Waals surface area contributed by atoms with Gasteiger partial charge in [-0.05, 0) is 83.5 Å². The number of nitrogens with two attached hydrogens (primary N) is 1. The van der Waals surface area contributed by atoms with Crippen molar-refractivity contribution >= 4 is 0 Å². The van der Waals surface area contributed by atoms with Crippen molar-refractivity contribution in [2.75, 3.05) is 6.54 Å². The third kappa shape index (κ3) is 271. The van der Waals surface area contributed by atoms with E-state index in [4.69, 9.17) is 10.8 Å². The van der Waals surface area contributed by atoms with E-state index in [2.05, 4.69) is 169 Å². The van der Waals surface area contributed by atoms with Crippen LogP contribution in [0.5, 0.6) is 0 Å². The summed E-state index contributed by atoms with van der Waals surface area (Å²) in [4.78, 5) is 0. The van der Waals surface area contributed by atoms with E-state index >= 15 is 0 Å². The van der Waals surface area contributed by atoms with Crippen molar-refractivity contribution in [1.29, 1.82) is 0 Å². The fourth-order valence-corrected chi connectivity index (χ4v) is 4.93. The fourth-order valence-electron chi connectivity index (χ4n) is 4.93. The van der Waals surface area contributed by atoms with E-state index in [0.29, 0.717) is 6.54 Å². The molecule has 0 aromatic carbocycles. The molecule has 488 valence electrons. The maximum absolute atomic E-state index is 8.96. The van der Waals surface area contributed by atoms with Gasteiger partial charge in [0.2, 0.25) is 0 Å². The first-order valence-electron chi connectivity index (χ1n) is 34.0. The Balaban J connectivity index is -0.0000000563. The Morgan fingerprint density at radius 1 is 0.222 bits per heavy atom. The number of allylic oxidation sites excluding steroid dienone is 12. The fraction of sp³-hybridized carbons (Fsp3) is 0.696. The van der Waals surface area contributed by atoms with Gasteiger partial charge in [-0.3, -0.25) is 0 Å². The Labute approximate surface area is 519 Å². The van der Waals surface area contributed by atoms with E-state index < -0.39 is 0 Å². The van der Waals surface area contributed by atoms with Gasteiger partial charge >= 0.3 is 0 Å². The summed E-state index contributed by atoms with van der Waals surface area (Å²) >= 11 is 0. The summed E-state index contributed by atoms with van der Waals surface area (Å²) in [6.45, 7) is 71.9. The lowest BCUT2D eigenvalue weighted by Gasteiger charge is -2.04. The van der Waals surface area contributed by atoms with Gasteiger partial charge in [0.05, 0.1) is 6.10 Å². The first-order valence-corrected chi connectivity index (χ1v) is 34.0. The highest BCUT2D eigenvalue weighted by Gasteiger charge is 1.98. The van der Waals surface area contributed by atoms with Crippen molar-refractivity contribution in [3.05, 3.63) is 152 Å². The summed E-state index contributed by atoms with van der Waals surface area (Å²) in [5.41, 5.74) is 5.20. The molecule has 0 aliphatic heterocycles. The van der Waals surface area contributed by atoms with Crippen LogP contribution >= 0.6 is 0 Å². The second-order valence-corrected chi connectivity index (χ2v) is 19.6. The summed E-state index contributed by atoms with van der Waals surface area (Å²) < 4.78 is 0. The van der Waals surface area contributed by atoms with Crippen LogP contribution in [0, 0.1) is 0 Å². The van der Waals surface area contributed by atoms with E-state index in [-0.39, 0.29) is 6.10 Å². The van der Waals surface area contributed by atoms with Crippen LogP contribution in [0.4, 0.5) is 0 Å². The van der Waals surface area contributed by atoms with Gasteiger partial charge in [-0.1, -0.05) is 336 Å². The molecule has 1 unspecified atom stereocenters. The first kappa shape index (κ1) is 109. The van der Waals surface area contributed by atoms with Crippen LogP contribution in [0.25, 0.3) is 0 Å². The molecule has 1 atom stereocenters. The van der Waals surface area contributed by atoms with Crippen LogP contribution in [0.3, 0.4) is 0 Å². The maximum atomic E-state index is 8.96. The molecule has 0 aliphatic carbocycles. The SMILES string of the molecule is C=CCCCC.C=CCCCC.C=CCCCC.C=CCCCC.C=CCCCC.C=CCCCC.C=CCCCC.C=CCCCC.C=CCCCC.C=CCCCC.C=CCCCC.C=CCCCC.CCCCCC(O)CN. The number of hydrogen-bond donors (Lipinski definition) is 2. The zero-order valence-corrected chi connectivity index (χ0v) is 59.0. The number of rotatable bonds is 41. The second kappa shape index (κ2) is 158. The quantitative estimate of drug-likeness (QED) is 0.0473. The van der Waals surface area contributed by atoms with Gasteiger partial charge in [-0.25, -0.2) is 0 Å². The highest BCUT2D eigenvalue weighted by molar-refractivity contribution is 4.69. The van der Waals surface area contributed by atoms with Crippen LogP contribution in [0.2, 0.25) is 0 Å². The highest BCUT2D eigenvalue weighted by atomic mass is 16.3. The van der Waals surface area contributed by atoms with E-state index in [1.165, 1.54) is 244 Å². The molecule has 0 aromatic rings. The maximum Gasteiger partial charge on any atom is 0.0662 e. The van der Waals surface area contributed by atoms with E-state index in [0.717, 1.165) is 12.8 Å². The molecular formula is C79H161NO. The Morgan fingerprint density at radius 2 is 0.333 bits per heavy atom. The number of aliphatic hydroxyl groups is 1. The monoisotopic (exact) mass is 1140 g/mol. The van der Waals surface area contributed by atoms with Crippen LogP contribution in [-0.2, 0) is 0 Å². The van der Waals surface area contributed by atoms with Gasteiger partial charge in [0.25, 0.3) is 0 Å². The van der Waals surface area contributed by atoms with Crippen LogP contribution in [-0.4, -0.2) is 17.8 Å². The molecule has 0 bridgehead atoms. The summed E-state index contributed by atoms with van der Waals surface area (Å²) in [5.74, 6) is 0. The topological polar surface area (TPSA) is 46.2 Å². The van der Waals surface area contributed by atoms with Crippen LogP contribution < -0.4 is 5.73 Å². The predicted octanol–water partition coefficient (Wildman–Crippen LogP) is 29.2.